The highest BCUT2D eigenvalue weighted by atomic mass is 32.1. The van der Waals surface area contributed by atoms with Crippen LogP contribution in [-0.4, -0.2) is 58.5 Å². The minimum atomic E-state index is -2.66. The van der Waals surface area contributed by atoms with Crippen molar-refractivity contribution < 1.29 is 13.6 Å². The minimum Gasteiger partial charge on any atom is -0.396 e. The SMILES string of the molecule is Cc1cnc2c(N)c(C(=O)NC3CCc4nc(N5CC6NCC(F)(F)C6C5)ccc4C3)sc2n1. The van der Waals surface area contributed by atoms with Gasteiger partial charge >= 0.3 is 0 Å². The molecular formula is C23H25F2N7OS. The number of hydrogen-bond donors (Lipinski definition) is 3. The van der Waals surface area contributed by atoms with Crippen LogP contribution < -0.4 is 21.3 Å². The van der Waals surface area contributed by atoms with Crippen molar-refractivity contribution in [1.82, 2.24) is 25.6 Å². The van der Waals surface area contributed by atoms with Gasteiger partial charge in [-0.2, -0.15) is 0 Å². The lowest BCUT2D eigenvalue weighted by atomic mass is 9.91. The third kappa shape index (κ3) is 3.58. The van der Waals surface area contributed by atoms with Crippen LogP contribution in [0.4, 0.5) is 20.3 Å². The number of carbonyl (C=O) groups is 1. The van der Waals surface area contributed by atoms with Crippen LogP contribution in [0.3, 0.4) is 0 Å². The zero-order valence-corrected chi connectivity index (χ0v) is 19.5. The summed E-state index contributed by atoms with van der Waals surface area (Å²) in [5.74, 6) is -2.79. The van der Waals surface area contributed by atoms with E-state index >= 15 is 0 Å². The highest BCUT2D eigenvalue weighted by Gasteiger charge is 2.54. The molecule has 3 aromatic heterocycles. The second-order valence-electron chi connectivity index (χ2n) is 9.46. The van der Waals surface area contributed by atoms with Gasteiger partial charge < -0.3 is 21.3 Å². The van der Waals surface area contributed by atoms with E-state index in [-0.39, 0.29) is 24.5 Å². The van der Waals surface area contributed by atoms with Gasteiger partial charge in [0, 0.05) is 37.1 Å². The van der Waals surface area contributed by atoms with Crippen LogP contribution in [0, 0.1) is 12.8 Å². The third-order valence-corrected chi connectivity index (χ3v) is 8.22. The zero-order valence-electron chi connectivity index (χ0n) is 18.6. The van der Waals surface area contributed by atoms with Gasteiger partial charge in [-0.05, 0) is 37.8 Å². The minimum absolute atomic E-state index is 0.0334. The third-order valence-electron chi connectivity index (χ3n) is 7.14. The van der Waals surface area contributed by atoms with E-state index in [1.807, 2.05) is 24.0 Å². The highest BCUT2D eigenvalue weighted by Crippen LogP contribution is 2.38. The Kier molecular flexibility index (Phi) is 4.96. The van der Waals surface area contributed by atoms with Crippen molar-refractivity contribution in [1.29, 1.82) is 0 Å². The molecule has 8 nitrogen and oxygen atoms in total. The second-order valence-corrected chi connectivity index (χ2v) is 10.5. The first-order valence-electron chi connectivity index (χ1n) is 11.5. The molecule has 2 saturated heterocycles. The molecule has 3 unspecified atom stereocenters. The van der Waals surface area contributed by atoms with E-state index in [1.54, 1.807) is 6.20 Å². The van der Waals surface area contributed by atoms with Crippen LogP contribution >= 0.6 is 11.3 Å². The molecule has 3 aromatic rings. The molecule has 11 heteroatoms. The average molecular weight is 486 g/mol. The fourth-order valence-corrected chi connectivity index (χ4v) is 6.31. The highest BCUT2D eigenvalue weighted by molar-refractivity contribution is 7.21. The number of rotatable bonds is 3. The van der Waals surface area contributed by atoms with Crippen molar-refractivity contribution in [3.63, 3.8) is 0 Å². The molecule has 2 fully saturated rings. The van der Waals surface area contributed by atoms with Crippen LogP contribution in [0.5, 0.6) is 0 Å². The lowest BCUT2D eigenvalue weighted by molar-refractivity contribution is -0.0184. The predicted molar refractivity (Wildman–Crippen MR) is 127 cm³/mol. The molecule has 4 N–H and O–H groups in total. The van der Waals surface area contributed by atoms with Crippen molar-refractivity contribution in [2.75, 3.05) is 30.3 Å². The first kappa shape index (κ1) is 21.6. The van der Waals surface area contributed by atoms with Crippen molar-refractivity contribution in [3.05, 3.63) is 40.2 Å². The predicted octanol–water partition coefficient (Wildman–Crippen LogP) is 2.31. The maximum Gasteiger partial charge on any atom is 0.266 e. The number of pyridine rings is 1. The molecule has 178 valence electrons. The summed E-state index contributed by atoms with van der Waals surface area (Å²) < 4.78 is 28.2. The first-order chi connectivity index (χ1) is 16.3. The number of halogens is 2. The Balaban J connectivity index is 1.14. The molecule has 0 spiro atoms. The van der Waals surface area contributed by atoms with Crippen LogP contribution in [0.1, 0.15) is 33.0 Å². The Morgan fingerprint density at radius 2 is 2.18 bits per heavy atom. The van der Waals surface area contributed by atoms with E-state index in [9.17, 15) is 13.6 Å². The number of nitrogen functional groups attached to an aromatic ring is 1. The smallest absolute Gasteiger partial charge is 0.266 e. The molecular weight excluding hydrogens is 460 g/mol. The molecule has 0 aromatic carbocycles. The summed E-state index contributed by atoms with van der Waals surface area (Å²) in [6, 6.07) is 3.70. The lowest BCUT2D eigenvalue weighted by Gasteiger charge is -2.27. The molecule has 5 heterocycles. The number of aryl methyl sites for hydroxylation is 2. The van der Waals surface area contributed by atoms with Gasteiger partial charge in [0.2, 0.25) is 0 Å². The van der Waals surface area contributed by atoms with Gasteiger partial charge in [0.05, 0.1) is 23.8 Å². The Morgan fingerprint density at radius 3 is 3.00 bits per heavy atom. The first-order valence-corrected chi connectivity index (χ1v) is 12.3. The van der Waals surface area contributed by atoms with Crippen molar-refractivity contribution in [2.24, 2.45) is 5.92 Å². The summed E-state index contributed by atoms with van der Waals surface area (Å²) >= 11 is 1.26. The van der Waals surface area contributed by atoms with Crippen LogP contribution in [0.25, 0.3) is 10.3 Å². The summed E-state index contributed by atoms with van der Waals surface area (Å²) in [5, 5.41) is 6.05. The molecule has 0 radical (unpaired) electrons. The number of nitrogens with zero attached hydrogens (tertiary/aromatic N) is 4. The molecule has 0 bridgehead atoms. The van der Waals surface area contributed by atoms with Crippen molar-refractivity contribution in [3.8, 4) is 0 Å². The Bertz CT molecular complexity index is 1300. The molecule has 6 rings (SSSR count). The van der Waals surface area contributed by atoms with Gasteiger partial charge in [0.25, 0.3) is 11.8 Å². The number of hydrogen-bond acceptors (Lipinski definition) is 8. The molecule has 3 aliphatic rings. The van der Waals surface area contributed by atoms with E-state index in [1.165, 1.54) is 11.3 Å². The second kappa shape index (κ2) is 7.81. The molecule has 34 heavy (non-hydrogen) atoms. The fraction of sp³-hybridized carbons (Fsp3) is 0.478. The largest absolute Gasteiger partial charge is 0.396 e. The summed E-state index contributed by atoms with van der Waals surface area (Å²) in [4.78, 5) is 29.5. The van der Waals surface area contributed by atoms with Gasteiger partial charge in [-0.15, -0.1) is 11.3 Å². The monoisotopic (exact) mass is 485 g/mol. The van der Waals surface area contributed by atoms with E-state index in [0.29, 0.717) is 46.8 Å². The standard InChI is InChI=1S/C23H25F2N7OS/c1-11-7-27-19-18(26)20(34-22(19)29-11)21(33)30-13-3-4-15-12(6-13)2-5-17(31-15)32-8-14-16(9-32)28-10-23(14,24)25/h2,5,7,13-14,16,28H,3-4,6,8-10,26H2,1H3,(H,30,33). The van der Waals surface area contributed by atoms with Gasteiger partial charge in [0.15, 0.2) is 0 Å². The molecule has 3 atom stereocenters. The maximum absolute atomic E-state index is 14.1. The van der Waals surface area contributed by atoms with E-state index in [0.717, 1.165) is 29.2 Å². The number of aromatic nitrogens is 3. The van der Waals surface area contributed by atoms with Crippen LogP contribution in [-0.2, 0) is 12.8 Å². The van der Waals surface area contributed by atoms with Gasteiger partial charge in [-0.25, -0.2) is 23.7 Å². The van der Waals surface area contributed by atoms with Crippen LogP contribution in [0.2, 0.25) is 0 Å². The summed E-state index contributed by atoms with van der Waals surface area (Å²) in [6.45, 7) is 2.48. The number of thiophene rings is 1. The van der Waals surface area contributed by atoms with E-state index in [4.69, 9.17) is 10.7 Å². The quantitative estimate of drug-likeness (QED) is 0.522. The summed E-state index contributed by atoms with van der Waals surface area (Å²) in [7, 11) is 0. The topological polar surface area (TPSA) is 109 Å². The summed E-state index contributed by atoms with van der Waals surface area (Å²) in [5.41, 5.74) is 9.93. The van der Waals surface area contributed by atoms with Gasteiger partial charge in [-0.3, -0.25) is 4.79 Å². The van der Waals surface area contributed by atoms with Crippen LogP contribution in [0.15, 0.2) is 18.3 Å². The normalized spacial score (nSPS) is 25.4. The number of fused-ring (bicyclic) bond motifs is 3. The van der Waals surface area contributed by atoms with E-state index < -0.39 is 11.8 Å². The Hall–Kier alpha value is -2.92. The summed E-state index contributed by atoms with van der Waals surface area (Å²) in [6.07, 6.45) is 3.77. The molecule has 1 aliphatic carbocycles. The lowest BCUT2D eigenvalue weighted by Crippen LogP contribution is -2.39. The van der Waals surface area contributed by atoms with Crippen molar-refractivity contribution in [2.45, 2.75) is 44.2 Å². The van der Waals surface area contributed by atoms with E-state index in [2.05, 4.69) is 20.6 Å². The number of carbonyl (C=O) groups excluding carboxylic acids is 1. The zero-order chi connectivity index (χ0) is 23.6. The Morgan fingerprint density at radius 1 is 1.32 bits per heavy atom. The number of amides is 1. The fourth-order valence-electron chi connectivity index (χ4n) is 5.31. The average Bonchev–Trinajstić information content (AvgIpc) is 3.47. The number of anilines is 2. The maximum atomic E-state index is 14.1. The molecule has 0 saturated carbocycles. The molecule has 2 aliphatic heterocycles. The number of alkyl halides is 2. The number of nitrogens with one attached hydrogen (secondary N) is 2. The Labute approximate surface area is 199 Å². The van der Waals surface area contributed by atoms with Gasteiger partial charge in [0.1, 0.15) is 21.0 Å². The molecule has 1 amide bonds. The number of nitrogens with two attached hydrogens (primary N) is 1. The van der Waals surface area contributed by atoms with Crippen molar-refractivity contribution >= 4 is 39.1 Å². The van der Waals surface area contributed by atoms with Gasteiger partial charge in [-0.1, -0.05) is 6.07 Å².